The summed E-state index contributed by atoms with van der Waals surface area (Å²) >= 11 is 0. The number of carbonyl (C=O) groups excluding carboxylic acids is 3. The highest BCUT2D eigenvalue weighted by Crippen LogP contribution is 2.13. The molecule has 1 rings (SSSR count). The Bertz CT molecular complexity index is 1180. The lowest BCUT2D eigenvalue weighted by Gasteiger charge is -2.26. The molecule has 0 spiro atoms. The fourth-order valence-corrected chi connectivity index (χ4v) is 5.42. The van der Waals surface area contributed by atoms with Crippen molar-refractivity contribution in [1.82, 2.24) is 16.0 Å². The quantitative estimate of drug-likeness (QED) is 0.291. The fourth-order valence-electron chi connectivity index (χ4n) is 3.65. The first-order valence-electron chi connectivity index (χ1n) is 12.5. The SMILES string of the molecule is CC(=O)N[C@@H](CC(C)C)C(=O)N[C@@H](CC(C)C)C(=O)N[C@H](/C=C/S(=O)(=O)c1ccccc1)CCS(C)(=O)=O. The molecule has 0 aliphatic rings. The Morgan fingerprint density at radius 1 is 0.816 bits per heavy atom. The molecule has 0 heterocycles. The first kappa shape index (κ1) is 33.3. The van der Waals surface area contributed by atoms with Crippen LogP contribution in [0, 0.1) is 11.8 Å². The van der Waals surface area contributed by atoms with Gasteiger partial charge in [-0.3, -0.25) is 14.4 Å². The molecule has 0 saturated carbocycles. The van der Waals surface area contributed by atoms with Gasteiger partial charge in [-0.05, 0) is 43.2 Å². The van der Waals surface area contributed by atoms with E-state index < -0.39 is 49.6 Å². The number of nitrogens with one attached hydrogen (secondary N) is 3. The topological polar surface area (TPSA) is 156 Å². The lowest BCUT2D eigenvalue weighted by atomic mass is 9.99. The van der Waals surface area contributed by atoms with Crippen LogP contribution < -0.4 is 16.0 Å². The molecule has 1 aromatic carbocycles. The molecule has 0 unspecified atom stereocenters. The highest BCUT2D eigenvalue weighted by molar-refractivity contribution is 7.94. The average molecular weight is 572 g/mol. The smallest absolute Gasteiger partial charge is 0.243 e. The van der Waals surface area contributed by atoms with Gasteiger partial charge in [0, 0.05) is 24.6 Å². The molecule has 3 amide bonds. The highest BCUT2D eigenvalue weighted by Gasteiger charge is 2.28. The summed E-state index contributed by atoms with van der Waals surface area (Å²) in [4.78, 5) is 37.9. The van der Waals surface area contributed by atoms with Crippen molar-refractivity contribution in [3.05, 3.63) is 41.8 Å². The summed E-state index contributed by atoms with van der Waals surface area (Å²) in [7, 11) is -7.23. The van der Waals surface area contributed by atoms with Gasteiger partial charge in [0.1, 0.15) is 21.9 Å². The van der Waals surface area contributed by atoms with E-state index in [1.165, 1.54) is 25.1 Å². The van der Waals surface area contributed by atoms with Crippen molar-refractivity contribution in [2.75, 3.05) is 12.0 Å². The molecule has 12 heteroatoms. The number of hydrogen-bond acceptors (Lipinski definition) is 7. The summed E-state index contributed by atoms with van der Waals surface area (Å²) in [5, 5.41) is 8.95. The number of sulfone groups is 2. The van der Waals surface area contributed by atoms with Crippen LogP contribution in [0.3, 0.4) is 0 Å². The summed E-state index contributed by atoms with van der Waals surface area (Å²) in [5.74, 6) is -1.64. The molecule has 38 heavy (non-hydrogen) atoms. The van der Waals surface area contributed by atoms with E-state index in [-0.39, 0.29) is 41.2 Å². The van der Waals surface area contributed by atoms with Crippen molar-refractivity contribution in [3.63, 3.8) is 0 Å². The van der Waals surface area contributed by atoms with Gasteiger partial charge >= 0.3 is 0 Å². The van der Waals surface area contributed by atoms with E-state index in [4.69, 9.17) is 0 Å². The molecular formula is C26H41N3O7S2. The van der Waals surface area contributed by atoms with Crippen molar-refractivity contribution in [2.24, 2.45) is 11.8 Å². The van der Waals surface area contributed by atoms with Gasteiger partial charge in [0.15, 0.2) is 9.84 Å². The fraction of sp³-hybridized carbons (Fsp3) is 0.577. The Hall–Kier alpha value is -2.73. The molecule has 0 radical (unpaired) electrons. The number of amides is 3. The largest absolute Gasteiger partial charge is 0.348 e. The van der Waals surface area contributed by atoms with Crippen LogP contribution in [0.1, 0.15) is 53.9 Å². The second kappa shape index (κ2) is 15.0. The molecule has 0 saturated heterocycles. The molecule has 214 valence electrons. The number of rotatable bonds is 15. The van der Waals surface area contributed by atoms with Gasteiger partial charge in [-0.25, -0.2) is 16.8 Å². The van der Waals surface area contributed by atoms with E-state index in [1.807, 2.05) is 27.7 Å². The van der Waals surface area contributed by atoms with Crippen LogP contribution in [0.5, 0.6) is 0 Å². The van der Waals surface area contributed by atoms with Gasteiger partial charge in [-0.15, -0.1) is 0 Å². The van der Waals surface area contributed by atoms with Crippen molar-refractivity contribution < 1.29 is 31.2 Å². The predicted octanol–water partition coefficient (Wildman–Crippen LogP) is 1.98. The maximum atomic E-state index is 13.3. The number of benzene rings is 1. The zero-order chi connectivity index (χ0) is 29.1. The molecule has 1 aromatic rings. The lowest BCUT2D eigenvalue weighted by molar-refractivity contribution is -0.132. The monoisotopic (exact) mass is 571 g/mol. The van der Waals surface area contributed by atoms with E-state index in [0.717, 1.165) is 11.7 Å². The lowest BCUT2D eigenvalue weighted by Crippen LogP contribution is -2.55. The Morgan fingerprint density at radius 2 is 1.32 bits per heavy atom. The molecule has 3 N–H and O–H groups in total. The first-order chi connectivity index (χ1) is 17.5. The first-order valence-corrected chi connectivity index (χ1v) is 16.1. The third-order valence-corrected chi connectivity index (χ3v) is 7.85. The van der Waals surface area contributed by atoms with Crippen LogP contribution in [-0.4, -0.2) is 64.7 Å². The molecule has 10 nitrogen and oxygen atoms in total. The Balaban J connectivity index is 3.18. The Kier molecular flexibility index (Phi) is 13.2. The van der Waals surface area contributed by atoms with Gasteiger partial charge in [-0.2, -0.15) is 0 Å². The minimum Gasteiger partial charge on any atom is -0.348 e. The average Bonchev–Trinajstić information content (AvgIpc) is 2.79. The normalized spacial score (nSPS) is 14.7. The van der Waals surface area contributed by atoms with Crippen LogP contribution >= 0.6 is 0 Å². The highest BCUT2D eigenvalue weighted by atomic mass is 32.2. The number of carbonyl (C=O) groups is 3. The van der Waals surface area contributed by atoms with E-state index >= 15 is 0 Å². The van der Waals surface area contributed by atoms with Crippen molar-refractivity contribution in [2.45, 2.75) is 76.9 Å². The second-order valence-corrected chi connectivity index (χ2v) is 14.4. The minimum atomic E-state index is -3.83. The van der Waals surface area contributed by atoms with Crippen molar-refractivity contribution in [3.8, 4) is 0 Å². The van der Waals surface area contributed by atoms with Crippen LogP contribution in [0.15, 0.2) is 46.7 Å². The van der Waals surface area contributed by atoms with Crippen molar-refractivity contribution in [1.29, 1.82) is 0 Å². The van der Waals surface area contributed by atoms with Crippen LogP contribution in [0.2, 0.25) is 0 Å². The molecule has 0 aromatic heterocycles. The zero-order valence-corrected chi connectivity index (χ0v) is 24.6. The van der Waals surface area contributed by atoms with Gasteiger partial charge in [0.05, 0.1) is 10.6 Å². The standard InChI is InChI=1S/C26H41N3O7S2/c1-18(2)16-23(27-20(5)30)26(32)29-24(17-19(3)4)25(31)28-21(12-14-37(6,33)34)13-15-38(35,36)22-10-8-7-9-11-22/h7-11,13,15,18-19,21,23-24H,12,14,16-17H2,1-6H3,(H,27,30)(H,28,31)(H,29,32)/b15-13+/t21-,23-,24-/m0/s1. The van der Waals surface area contributed by atoms with Gasteiger partial charge in [0.2, 0.25) is 17.7 Å². The van der Waals surface area contributed by atoms with Gasteiger partial charge in [-0.1, -0.05) is 52.0 Å². The second-order valence-electron chi connectivity index (χ2n) is 10.3. The third kappa shape index (κ3) is 13.2. The number of hydrogen-bond donors (Lipinski definition) is 3. The summed E-state index contributed by atoms with van der Waals surface area (Å²) in [6, 6.07) is 4.97. The molecule has 0 fully saturated rings. The predicted molar refractivity (Wildman–Crippen MR) is 147 cm³/mol. The molecular weight excluding hydrogens is 530 g/mol. The molecule has 0 bridgehead atoms. The van der Waals surface area contributed by atoms with E-state index in [9.17, 15) is 31.2 Å². The third-order valence-electron chi connectivity index (χ3n) is 5.43. The maximum absolute atomic E-state index is 13.3. The van der Waals surface area contributed by atoms with Crippen molar-refractivity contribution >= 4 is 37.4 Å². The van der Waals surface area contributed by atoms with E-state index in [0.29, 0.717) is 6.42 Å². The van der Waals surface area contributed by atoms with Crippen LogP contribution in [0.4, 0.5) is 0 Å². The summed E-state index contributed by atoms with van der Waals surface area (Å²) in [6.07, 6.45) is 2.89. The summed E-state index contributed by atoms with van der Waals surface area (Å²) < 4.78 is 48.9. The van der Waals surface area contributed by atoms with E-state index in [1.54, 1.807) is 18.2 Å². The molecule has 3 atom stereocenters. The summed E-state index contributed by atoms with van der Waals surface area (Å²) in [6.45, 7) is 8.87. The zero-order valence-electron chi connectivity index (χ0n) is 22.9. The summed E-state index contributed by atoms with van der Waals surface area (Å²) in [5.41, 5.74) is 0. The van der Waals surface area contributed by atoms with Crippen LogP contribution in [0.25, 0.3) is 0 Å². The Morgan fingerprint density at radius 3 is 1.79 bits per heavy atom. The maximum Gasteiger partial charge on any atom is 0.243 e. The van der Waals surface area contributed by atoms with E-state index in [2.05, 4.69) is 16.0 Å². The van der Waals surface area contributed by atoms with Crippen LogP contribution in [-0.2, 0) is 34.1 Å². The molecule has 0 aliphatic heterocycles. The van der Waals surface area contributed by atoms with Gasteiger partial charge < -0.3 is 16.0 Å². The van der Waals surface area contributed by atoms with Gasteiger partial charge in [0.25, 0.3) is 0 Å². The Labute approximate surface area is 226 Å². The minimum absolute atomic E-state index is 0.0128. The molecule has 0 aliphatic carbocycles.